The lowest BCUT2D eigenvalue weighted by Crippen LogP contribution is -2.26. The van der Waals surface area contributed by atoms with Crippen molar-refractivity contribution in [1.82, 2.24) is 4.90 Å². The Morgan fingerprint density at radius 2 is 1.83 bits per heavy atom. The minimum Gasteiger partial charge on any atom is -0.508 e. The molecular formula is C30H32ClFN2O2. The van der Waals surface area contributed by atoms with Gasteiger partial charge in [-0.25, -0.2) is 0 Å². The van der Waals surface area contributed by atoms with Gasteiger partial charge < -0.3 is 15.6 Å². The molecule has 1 atom stereocenters. The normalized spacial score (nSPS) is 18.2. The number of allylic oxidation sites excluding steroid dienone is 1. The molecule has 5 rings (SSSR count). The molecule has 1 saturated heterocycles. The molecule has 1 unspecified atom stereocenters. The molecule has 6 heteroatoms. The van der Waals surface area contributed by atoms with E-state index in [2.05, 4.69) is 29.2 Å². The van der Waals surface area contributed by atoms with Crippen LogP contribution in [0.2, 0.25) is 5.02 Å². The standard InChI is InChI=1S/C30H32ClFN2O2/c31-29-18-23(35)8-12-27(29)28-4-1-3-21-17-22(33)7-11-26(21)30(28)20-5-9-24(10-6-20)36-25-13-16-34(19-25)15-2-14-32/h5-12,17-18,25,35H,1-4,13-16,19,33H2. The van der Waals surface area contributed by atoms with Gasteiger partial charge in [-0.15, -0.1) is 0 Å². The van der Waals surface area contributed by atoms with Gasteiger partial charge in [0.15, 0.2) is 0 Å². The Morgan fingerprint density at radius 1 is 1.03 bits per heavy atom. The lowest BCUT2D eigenvalue weighted by atomic mass is 9.87. The quantitative estimate of drug-likeness (QED) is 0.348. The summed E-state index contributed by atoms with van der Waals surface area (Å²) in [6.45, 7) is 2.31. The van der Waals surface area contributed by atoms with Gasteiger partial charge in [-0.2, -0.15) is 0 Å². The van der Waals surface area contributed by atoms with Gasteiger partial charge in [-0.05, 0) is 108 Å². The first-order valence-corrected chi connectivity index (χ1v) is 13.1. The van der Waals surface area contributed by atoms with Crippen LogP contribution in [0.15, 0.2) is 60.7 Å². The van der Waals surface area contributed by atoms with Gasteiger partial charge in [0.1, 0.15) is 17.6 Å². The fourth-order valence-corrected chi connectivity index (χ4v) is 5.72. The van der Waals surface area contributed by atoms with Crippen LogP contribution in [0, 0.1) is 0 Å². The first-order valence-electron chi connectivity index (χ1n) is 12.7. The van der Waals surface area contributed by atoms with Gasteiger partial charge in [-0.1, -0.05) is 29.8 Å². The van der Waals surface area contributed by atoms with Crippen molar-refractivity contribution in [2.45, 2.75) is 38.2 Å². The van der Waals surface area contributed by atoms with E-state index in [-0.39, 0.29) is 18.5 Å². The molecule has 0 amide bonds. The monoisotopic (exact) mass is 506 g/mol. The third-order valence-electron chi connectivity index (χ3n) is 7.13. The molecule has 1 aliphatic heterocycles. The lowest BCUT2D eigenvalue weighted by molar-refractivity contribution is 0.198. The lowest BCUT2D eigenvalue weighted by Gasteiger charge is -2.19. The van der Waals surface area contributed by atoms with Crippen molar-refractivity contribution < 1.29 is 14.2 Å². The number of phenolic OH excluding ortho intramolecular Hbond substituents is 1. The number of nitrogens with zero attached hydrogens (tertiary/aromatic N) is 1. The zero-order valence-electron chi connectivity index (χ0n) is 20.4. The van der Waals surface area contributed by atoms with Crippen LogP contribution in [0.5, 0.6) is 11.5 Å². The van der Waals surface area contributed by atoms with Gasteiger partial charge in [0.25, 0.3) is 0 Å². The maximum absolute atomic E-state index is 12.5. The third kappa shape index (κ3) is 5.37. The van der Waals surface area contributed by atoms with Crippen LogP contribution in [0.4, 0.5) is 10.1 Å². The number of nitrogens with two attached hydrogens (primary N) is 1. The molecular weight excluding hydrogens is 475 g/mol. The van der Waals surface area contributed by atoms with E-state index < -0.39 is 0 Å². The van der Waals surface area contributed by atoms with E-state index >= 15 is 0 Å². The largest absolute Gasteiger partial charge is 0.508 e. The highest BCUT2D eigenvalue weighted by atomic mass is 35.5. The Morgan fingerprint density at radius 3 is 2.61 bits per heavy atom. The van der Waals surface area contributed by atoms with Gasteiger partial charge in [0.2, 0.25) is 0 Å². The molecule has 3 N–H and O–H groups in total. The molecule has 0 radical (unpaired) electrons. The average Bonchev–Trinajstić information content (AvgIpc) is 3.22. The fraction of sp³-hybridized carbons (Fsp3) is 0.333. The highest BCUT2D eigenvalue weighted by Gasteiger charge is 2.24. The van der Waals surface area contributed by atoms with Crippen molar-refractivity contribution in [2.24, 2.45) is 0 Å². The van der Waals surface area contributed by atoms with Gasteiger partial charge in [0.05, 0.1) is 11.7 Å². The maximum Gasteiger partial charge on any atom is 0.119 e. The molecule has 1 fully saturated rings. The number of hydrogen-bond acceptors (Lipinski definition) is 4. The predicted octanol–water partition coefficient (Wildman–Crippen LogP) is 6.74. The maximum atomic E-state index is 12.5. The molecule has 0 bridgehead atoms. The zero-order chi connectivity index (χ0) is 25.1. The van der Waals surface area contributed by atoms with Crippen molar-refractivity contribution in [3.63, 3.8) is 0 Å². The van der Waals surface area contributed by atoms with Crippen LogP contribution in [0.25, 0.3) is 11.1 Å². The van der Waals surface area contributed by atoms with E-state index in [0.29, 0.717) is 11.4 Å². The van der Waals surface area contributed by atoms with Crippen molar-refractivity contribution in [1.29, 1.82) is 0 Å². The Bertz CT molecular complexity index is 1260. The molecule has 0 spiro atoms. The Balaban J connectivity index is 1.49. The molecule has 4 nitrogen and oxygen atoms in total. The first-order chi connectivity index (χ1) is 17.5. The molecule has 188 valence electrons. The highest BCUT2D eigenvalue weighted by Crippen LogP contribution is 2.43. The van der Waals surface area contributed by atoms with Crippen LogP contribution in [0.1, 0.15) is 47.9 Å². The summed E-state index contributed by atoms with van der Waals surface area (Å²) in [5.41, 5.74) is 13.6. The number of rotatable bonds is 7. The average molecular weight is 507 g/mol. The van der Waals surface area contributed by atoms with Crippen LogP contribution in [-0.4, -0.2) is 42.4 Å². The topological polar surface area (TPSA) is 58.7 Å². The number of alkyl halides is 1. The number of likely N-dealkylation sites (tertiary alicyclic amines) is 1. The number of fused-ring (bicyclic) bond motifs is 1. The van der Waals surface area contributed by atoms with E-state index in [1.54, 1.807) is 12.1 Å². The second-order valence-corrected chi connectivity index (χ2v) is 10.1. The summed E-state index contributed by atoms with van der Waals surface area (Å²) >= 11 is 6.63. The van der Waals surface area contributed by atoms with E-state index in [4.69, 9.17) is 22.1 Å². The molecule has 3 aromatic carbocycles. The SMILES string of the molecule is Nc1ccc2c(c1)CCCC(c1ccc(O)cc1Cl)=C2c1ccc(OC2CCN(CCCF)C2)cc1. The number of aromatic hydroxyl groups is 1. The number of benzene rings is 3. The zero-order valence-corrected chi connectivity index (χ0v) is 21.1. The van der Waals surface area contributed by atoms with Crippen molar-refractivity contribution in [3.8, 4) is 11.5 Å². The summed E-state index contributed by atoms with van der Waals surface area (Å²) in [6.07, 6.45) is 4.44. The second-order valence-electron chi connectivity index (χ2n) is 9.68. The number of anilines is 1. The Labute approximate surface area is 217 Å². The summed E-state index contributed by atoms with van der Waals surface area (Å²) in [6, 6.07) is 19.6. The summed E-state index contributed by atoms with van der Waals surface area (Å²) in [5, 5.41) is 10.5. The molecule has 1 heterocycles. The van der Waals surface area contributed by atoms with Crippen LogP contribution in [0.3, 0.4) is 0 Å². The van der Waals surface area contributed by atoms with E-state index in [0.717, 1.165) is 84.6 Å². The molecule has 2 aliphatic rings. The summed E-state index contributed by atoms with van der Waals surface area (Å²) in [5.74, 6) is 0.997. The fourth-order valence-electron chi connectivity index (χ4n) is 5.43. The van der Waals surface area contributed by atoms with Crippen molar-refractivity contribution in [3.05, 3.63) is 87.9 Å². The molecule has 36 heavy (non-hydrogen) atoms. The predicted molar refractivity (Wildman–Crippen MR) is 145 cm³/mol. The number of phenols is 1. The smallest absolute Gasteiger partial charge is 0.119 e. The van der Waals surface area contributed by atoms with E-state index in [1.807, 2.05) is 24.3 Å². The van der Waals surface area contributed by atoms with Gasteiger partial charge in [-0.3, -0.25) is 9.29 Å². The minimum atomic E-state index is -0.271. The van der Waals surface area contributed by atoms with Crippen molar-refractivity contribution in [2.75, 3.05) is 32.0 Å². The van der Waals surface area contributed by atoms with Crippen LogP contribution < -0.4 is 10.5 Å². The number of aryl methyl sites for hydroxylation is 1. The molecule has 0 saturated carbocycles. The Kier molecular flexibility index (Phi) is 7.49. The molecule has 1 aliphatic carbocycles. The van der Waals surface area contributed by atoms with E-state index in [1.165, 1.54) is 5.56 Å². The summed E-state index contributed by atoms with van der Waals surface area (Å²) < 4.78 is 18.8. The Hall–Kier alpha value is -3.02. The highest BCUT2D eigenvalue weighted by molar-refractivity contribution is 6.33. The van der Waals surface area contributed by atoms with Crippen LogP contribution >= 0.6 is 11.6 Å². The van der Waals surface area contributed by atoms with Gasteiger partial charge in [0, 0.05) is 25.3 Å². The third-order valence-corrected chi connectivity index (χ3v) is 7.45. The second kappa shape index (κ2) is 10.9. The number of nitrogen functional groups attached to an aromatic ring is 1. The summed E-state index contributed by atoms with van der Waals surface area (Å²) in [7, 11) is 0. The number of halogens is 2. The first kappa shape index (κ1) is 24.7. The minimum absolute atomic E-state index is 0.127. The van der Waals surface area contributed by atoms with E-state index in [9.17, 15) is 9.50 Å². The molecule has 0 aromatic heterocycles. The number of hydrogen-bond donors (Lipinski definition) is 2. The van der Waals surface area contributed by atoms with Gasteiger partial charge >= 0.3 is 0 Å². The molecule has 3 aromatic rings. The number of ether oxygens (including phenoxy) is 1. The van der Waals surface area contributed by atoms with Crippen LogP contribution in [-0.2, 0) is 6.42 Å². The van der Waals surface area contributed by atoms with Crippen molar-refractivity contribution >= 4 is 28.4 Å². The summed E-state index contributed by atoms with van der Waals surface area (Å²) in [4.78, 5) is 2.27.